The molecule has 1 aromatic heterocycles. The highest BCUT2D eigenvalue weighted by molar-refractivity contribution is 8.00. The van der Waals surface area contributed by atoms with E-state index in [4.69, 9.17) is 10.3 Å². The second-order valence-electron chi connectivity index (χ2n) is 4.20. The van der Waals surface area contributed by atoms with Crippen LogP contribution in [0, 0.1) is 13.8 Å². The van der Waals surface area contributed by atoms with E-state index in [1.165, 1.54) is 17.8 Å². The lowest BCUT2D eigenvalue weighted by molar-refractivity contribution is 0.0813. The van der Waals surface area contributed by atoms with Gasteiger partial charge in [0.1, 0.15) is 5.76 Å². The highest BCUT2D eigenvalue weighted by atomic mass is 32.2. The van der Waals surface area contributed by atoms with Crippen molar-refractivity contribution in [2.75, 3.05) is 11.5 Å². The van der Waals surface area contributed by atoms with Gasteiger partial charge in [-0.1, -0.05) is 6.07 Å². The molecular weight excluding hydrogens is 264 g/mol. The van der Waals surface area contributed by atoms with E-state index in [9.17, 15) is 9.59 Å². The van der Waals surface area contributed by atoms with E-state index in [1.807, 2.05) is 19.1 Å². The Morgan fingerprint density at radius 2 is 2.11 bits per heavy atom. The Hall–Kier alpha value is -1.95. The van der Waals surface area contributed by atoms with Crippen LogP contribution >= 0.6 is 11.8 Å². The second kappa shape index (κ2) is 5.36. The van der Waals surface area contributed by atoms with Crippen molar-refractivity contribution < 1.29 is 9.32 Å². The number of thioether (sulfide) groups is 1. The number of benzene rings is 1. The Morgan fingerprint density at radius 3 is 2.74 bits per heavy atom. The highest BCUT2D eigenvalue weighted by Gasteiger charge is 2.13. The minimum Gasteiger partial charge on any atom is -0.398 e. The number of carbonyl (C=O) groups is 1. The van der Waals surface area contributed by atoms with E-state index in [1.54, 1.807) is 13.0 Å². The molecule has 100 valence electrons. The maximum absolute atomic E-state index is 11.9. The molecule has 0 aliphatic rings. The van der Waals surface area contributed by atoms with Crippen molar-refractivity contribution in [1.82, 2.24) is 4.74 Å². The zero-order chi connectivity index (χ0) is 14.0. The zero-order valence-corrected chi connectivity index (χ0v) is 11.5. The van der Waals surface area contributed by atoms with Gasteiger partial charge in [0.25, 0.3) is 11.5 Å². The molecule has 19 heavy (non-hydrogen) atoms. The number of nitrogens with two attached hydrogens (primary N) is 1. The van der Waals surface area contributed by atoms with Gasteiger partial charge in [0.2, 0.25) is 0 Å². The number of rotatable bonds is 3. The second-order valence-corrected chi connectivity index (χ2v) is 5.22. The summed E-state index contributed by atoms with van der Waals surface area (Å²) in [4.78, 5) is 24.1. The van der Waals surface area contributed by atoms with E-state index < -0.39 is 11.5 Å². The van der Waals surface area contributed by atoms with E-state index in [-0.39, 0.29) is 5.75 Å². The number of nitrogen functional groups attached to an aromatic ring is 1. The van der Waals surface area contributed by atoms with Gasteiger partial charge in [-0.3, -0.25) is 9.59 Å². The molecule has 0 saturated carbocycles. The fourth-order valence-electron chi connectivity index (χ4n) is 1.59. The number of anilines is 1. The van der Waals surface area contributed by atoms with Gasteiger partial charge in [0.15, 0.2) is 0 Å². The summed E-state index contributed by atoms with van der Waals surface area (Å²) >= 11 is 1.29. The number of nitrogens with zero attached hydrogens (tertiary/aromatic N) is 1. The smallest absolute Gasteiger partial charge is 0.290 e. The Bertz CT molecular complexity index is 673. The van der Waals surface area contributed by atoms with Crippen molar-refractivity contribution in [2.24, 2.45) is 0 Å². The first-order chi connectivity index (χ1) is 8.97. The maximum Gasteiger partial charge on any atom is 0.290 e. The van der Waals surface area contributed by atoms with Crippen LogP contribution in [0.4, 0.5) is 5.69 Å². The van der Waals surface area contributed by atoms with Crippen molar-refractivity contribution in [2.45, 2.75) is 18.7 Å². The Balaban J connectivity index is 2.10. The van der Waals surface area contributed by atoms with Gasteiger partial charge in [0, 0.05) is 16.6 Å². The summed E-state index contributed by atoms with van der Waals surface area (Å²) in [5, 5.41) is 0. The molecule has 0 atom stereocenters. The topological polar surface area (TPSA) is 78.2 Å². The molecule has 2 aromatic rings. The summed E-state index contributed by atoms with van der Waals surface area (Å²) in [6, 6.07) is 6.89. The highest BCUT2D eigenvalue weighted by Crippen LogP contribution is 2.25. The summed E-state index contributed by atoms with van der Waals surface area (Å²) in [5.74, 6) is 0.114. The summed E-state index contributed by atoms with van der Waals surface area (Å²) < 4.78 is 5.80. The largest absolute Gasteiger partial charge is 0.398 e. The monoisotopic (exact) mass is 278 g/mol. The van der Waals surface area contributed by atoms with Crippen molar-refractivity contribution >= 4 is 23.4 Å². The average Bonchev–Trinajstić information content (AvgIpc) is 2.69. The predicted molar refractivity (Wildman–Crippen MR) is 74.6 cm³/mol. The molecule has 0 unspecified atom stereocenters. The first-order valence-corrected chi connectivity index (χ1v) is 6.68. The number of hydrogen-bond acceptors (Lipinski definition) is 5. The third-order valence-electron chi connectivity index (χ3n) is 2.51. The lowest BCUT2D eigenvalue weighted by Crippen LogP contribution is -2.23. The first-order valence-electron chi connectivity index (χ1n) is 5.69. The van der Waals surface area contributed by atoms with Crippen LogP contribution in [0.15, 0.2) is 38.5 Å². The number of carbonyl (C=O) groups excluding carboxylic acids is 1. The number of aromatic nitrogens is 1. The van der Waals surface area contributed by atoms with Gasteiger partial charge < -0.3 is 10.3 Å². The molecule has 1 aromatic carbocycles. The van der Waals surface area contributed by atoms with Gasteiger partial charge in [-0.15, -0.1) is 16.5 Å². The molecule has 0 fully saturated rings. The fourth-order valence-corrected chi connectivity index (χ4v) is 2.49. The predicted octanol–water partition coefficient (Wildman–Crippen LogP) is 2.07. The van der Waals surface area contributed by atoms with Gasteiger partial charge in [-0.05, 0) is 31.5 Å². The Morgan fingerprint density at radius 1 is 1.37 bits per heavy atom. The lowest BCUT2D eigenvalue weighted by atomic mass is 10.2. The molecule has 1 heterocycles. The van der Waals surface area contributed by atoms with Gasteiger partial charge in [-0.25, -0.2) is 0 Å². The van der Waals surface area contributed by atoms with Crippen LogP contribution in [-0.4, -0.2) is 16.4 Å². The summed E-state index contributed by atoms with van der Waals surface area (Å²) in [6.45, 7) is 3.57. The molecule has 2 N–H and O–H groups in total. The molecule has 0 radical (unpaired) electrons. The molecule has 6 heteroatoms. The van der Waals surface area contributed by atoms with E-state index in [0.717, 1.165) is 15.2 Å². The molecule has 0 saturated heterocycles. The molecule has 2 rings (SSSR count). The minimum atomic E-state index is -0.444. The van der Waals surface area contributed by atoms with Crippen LogP contribution in [0.1, 0.15) is 16.1 Å². The number of aryl methyl sites for hydroxylation is 2. The molecule has 0 bridgehead atoms. The Kier molecular flexibility index (Phi) is 3.80. The van der Waals surface area contributed by atoms with Crippen LogP contribution in [0.3, 0.4) is 0 Å². The van der Waals surface area contributed by atoms with Crippen LogP contribution in [0.25, 0.3) is 0 Å². The zero-order valence-electron chi connectivity index (χ0n) is 10.7. The standard InChI is InChI=1S/C13H14N2O3S/c1-8-3-4-10(14)11(5-8)19-7-13(17)15-12(16)6-9(2)18-15/h3-6H,7,14H2,1-2H3. The maximum atomic E-state index is 11.9. The molecule has 0 spiro atoms. The summed E-state index contributed by atoms with van der Waals surface area (Å²) in [6.07, 6.45) is 0. The third-order valence-corrected chi connectivity index (χ3v) is 3.56. The minimum absolute atomic E-state index is 0.0977. The van der Waals surface area contributed by atoms with Crippen molar-refractivity contribution in [1.29, 1.82) is 0 Å². The van der Waals surface area contributed by atoms with Crippen LogP contribution in [0.2, 0.25) is 0 Å². The molecule has 0 aliphatic carbocycles. The van der Waals surface area contributed by atoms with Gasteiger partial charge in [0.05, 0.1) is 5.75 Å². The lowest BCUT2D eigenvalue weighted by Gasteiger charge is -2.05. The van der Waals surface area contributed by atoms with E-state index >= 15 is 0 Å². The average molecular weight is 278 g/mol. The molecular formula is C13H14N2O3S. The third kappa shape index (κ3) is 3.08. The SMILES string of the molecule is Cc1ccc(N)c(SCC(=O)n2oc(C)cc2=O)c1. The van der Waals surface area contributed by atoms with Crippen LogP contribution in [-0.2, 0) is 0 Å². The summed E-state index contributed by atoms with van der Waals surface area (Å²) in [5.41, 5.74) is 7.06. The molecule has 0 aliphatic heterocycles. The van der Waals surface area contributed by atoms with Gasteiger partial charge in [-0.2, -0.15) is 0 Å². The molecule has 0 amide bonds. The van der Waals surface area contributed by atoms with Crippen molar-refractivity contribution in [3.8, 4) is 0 Å². The fraction of sp³-hybridized carbons (Fsp3) is 0.231. The quantitative estimate of drug-likeness (QED) is 0.687. The van der Waals surface area contributed by atoms with Crippen LogP contribution < -0.4 is 11.3 Å². The van der Waals surface area contributed by atoms with E-state index in [0.29, 0.717) is 11.4 Å². The number of hydrogen-bond donors (Lipinski definition) is 1. The van der Waals surface area contributed by atoms with Gasteiger partial charge >= 0.3 is 0 Å². The van der Waals surface area contributed by atoms with Crippen molar-refractivity contribution in [3.63, 3.8) is 0 Å². The van der Waals surface area contributed by atoms with Crippen LogP contribution in [0.5, 0.6) is 0 Å². The Labute approximate surface area is 114 Å². The molecule has 5 nitrogen and oxygen atoms in total. The van der Waals surface area contributed by atoms with E-state index in [2.05, 4.69) is 0 Å². The first kappa shape index (κ1) is 13.5. The summed E-state index contributed by atoms with van der Waals surface area (Å²) in [7, 11) is 0. The normalized spacial score (nSPS) is 10.6. The van der Waals surface area contributed by atoms with Crippen molar-refractivity contribution in [3.05, 3.63) is 45.9 Å².